The Morgan fingerprint density at radius 3 is 2.31 bits per heavy atom. The number of aromatic nitrogens is 2. The Bertz CT molecular complexity index is 882. The van der Waals surface area contributed by atoms with E-state index in [9.17, 15) is 8.42 Å². The van der Waals surface area contributed by atoms with Gasteiger partial charge in [0, 0.05) is 32.7 Å². The molecule has 0 atom stereocenters. The van der Waals surface area contributed by atoms with Gasteiger partial charge in [-0.3, -0.25) is 0 Å². The fourth-order valence-corrected chi connectivity index (χ4v) is 4.20. The van der Waals surface area contributed by atoms with E-state index in [0.717, 1.165) is 18.2 Å². The SMILES string of the molecule is CCNc1ccc(N2CCN(S(=O)(=O)c3ccc(C#N)cc3)CC2)nn1. The molecule has 2 heterocycles. The lowest BCUT2D eigenvalue weighted by atomic mass is 10.2. The Morgan fingerprint density at radius 2 is 1.77 bits per heavy atom. The van der Waals surface area contributed by atoms with E-state index in [4.69, 9.17) is 5.26 Å². The summed E-state index contributed by atoms with van der Waals surface area (Å²) < 4.78 is 26.9. The summed E-state index contributed by atoms with van der Waals surface area (Å²) >= 11 is 0. The lowest BCUT2D eigenvalue weighted by Gasteiger charge is -2.34. The van der Waals surface area contributed by atoms with Crippen LogP contribution in [0.25, 0.3) is 0 Å². The minimum atomic E-state index is -3.56. The van der Waals surface area contributed by atoms with Gasteiger partial charge in [-0.05, 0) is 43.3 Å². The van der Waals surface area contributed by atoms with E-state index in [1.165, 1.54) is 28.6 Å². The molecule has 1 saturated heterocycles. The molecule has 0 saturated carbocycles. The van der Waals surface area contributed by atoms with Crippen LogP contribution in [0.5, 0.6) is 0 Å². The summed E-state index contributed by atoms with van der Waals surface area (Å²) in [6, 6.07) is 11.7. The van der Waals surface area contributed by atoms with Crippen LogP contribution in [0, 0.1) is 11.3 Å². The second-order valence-electron chi connectivity index (χ2n) is 5.83. The van der Waals surface area contributed by atoms with Crippen LogP contribution in [0.2, 0.25) is 0 Å². The molecular formula is C17H20N6O2S. The van der Waals surface area contributed by atoms with Gasteiger partial charge in [-0.25, -0.2) is 8.42 Å². The summed E-state index contributed by atoms with van der Waals surface area (Å²) in [5.41, 5.74) is 0.438. The molecule has 2 aromatic rings. The van der Waals surface area contributed by atoms with Gasteiger partial charge in [0.15, 0.2) is 5.82 Å². The molecule has 136 valence electrons. The van der Waals surface area contributed by atoms with Gasteiger partial charge in [-0.2, -0.15) is 9.57 Å². The van der Waals surface area contributed by atoms with Crippen LogP contribution in [0.3, 0.4) is 0 Å². The van der Waals surface area contributed by atoms with Crippen molar-refractivity contribution in [1.29, 1.82) is 5.26 Å². The third-order valence-electron chi connectivity index (χ3n) is 4.19. The van der Waals surface area contributed by atoms with Crippen molar-refractivity contribution in [2.45, 2.75) is 11.8 Å². The van der Waals surface area contributed by atoms with Gasteiger partial charge in [0.05, 0.1) is 16.5 Å². The van der Waals surface area contributed by atoms with Crippen molar-refractivity contribution in [3.05, 3.63) is 42.0 Å². The van der Waals surface area contributed by atoms with Gasteiger partial charge >= 0.3 is 0 Å². The van der Waals surface area contributed by atoms with Gasteiger partial charge in [0.1, 0.15) is 5.82 Å². The summed E-state index contributed by atoms with van der Waals surface area (Å²) in [6.07, 6.45) is 0. The molecule has 1 aromatic heterocycles. The predicted molar refractivity (Wildman–Crippen MR) is 98.3 cm³/mol. The molecule has 0 radical (unpaired) electrons. The number of hydrogen-bond donors (Lipinski definition) is 1. The smallest absolute Gasteiger partial charge is 0.243 e. The first kappa shape index (κ1) is 18.1. The highest BCUT2D eigenvalue weighted by atomic mass is 32.2. The van der Waals surface area contributed by atoms with Crippen molar-refractivity contribution >= 4 is 21.7 Å². The third-order valence-corrected chi connectivity index (χ3v) is 6.11. The Morgan fingerprint density at radius 1 is 1.08 bits per heavy atom. The van der Waals surface area contributed by atoms with Crippen molar-refractivity contribution in [2.24, 2.45) is 0 Å². The van der Waals surface area contributed by atoms with Gasteiger partial charge < -0.3 is 10.2 Å². The molecule has 0 bridgehead atoms. The first-order valence-corrected chi connectivity index (χ1v) is 9.81. The molecule has 9 heteroatoms. The van der Waals surface area contributed by atoms with E-state index >= 15 is 0 Å². The van der Waals surface area contributed by atoms with Crippen molar-refractivity contribution in [3.63, 3.8) is 0 Å². The summed E-state index contributed by atoms with van der Waals surface area (Å²) in [7, 11) is -3.56. The van der Waals surface area contributed by atoms with E-state index in [2.05, 4.69) is 15.5 Å². The summed E-state index contributed by atoms with van der Waals surface area (Å²) in [5.74, 6) is 1.46. The van der Waals surface area contributed by atoms with Gasteiger partial charge in [0.25, 0.3) is 0 Å². The van der Waals surface area contributed by atoms with Gasteiger partial charge in [-0.15, -0.1) is 10.2 Å². The number of nitriles is 1. The number of anilines is 2. The molecule has 1 fully saturated rings. The monoisotopic (exact) mass is 372 g/mol. The first-order chi connectivity index (χ1) is 12.5. The highest BCUT2D eigenvalue weighted by Crippen LogP contribution is 2.20. The lowest BCUT2D eigenvalue weighted by Crippen LogP contribution is -2.49. The summed E-state index contributed by atoms with van der Waals surface area (Å²) in [4.78, 5) is 2.23. The largest absolute Gasteiger partial charge is 0.369 e. The second-order valence-corrected chi connectivity index (χ2v) is 7.77. The Kier molecular flexibility index (Phi) is 5.35. The van der Waals surface area contributed by atoms with Crippen LogP contribution in [0.1, 0.15) is 12.5 Å². The van der Waals surface area contributed by atoms with Crippen molar-refractivity contribution in [2.75, 3.05) is 42.9 Å². The highest BCUT2D eigenvalue weighted by Gasteiger charge is 2.29. The molecule has 1 aliphatic heterocycles. The fraction of sp³-hybridized carbons (Fsp3) is 0.353. The Hall–Kier alpha value is -2.70. The number of benzene rings is 1. The molecule has 8 nitrogen and oxygen atoms in total. The molecule has 26 heavy (non-hydrogen) atoms. The average molecular weight is 372 g/mol. The van der Waals surface area contributed by atoms with E-state index in [0.29, 0.717) is 31.7 Å². The minimum Gasteiger partial charge on any atom is -0.369 e. The molecule has 3 rings (SSSR count). The zero-order chi connectivity index (χ0) is 18.6. The standard InChI is InChI=1S/C17H20N6O2S/c1-2-19-16-7-8-17(21-20-16)22-9-11-23(12-10-22)26(24,25)15-5-3-14(13-18)4-6-15/h3-8H,2,9-12H2,1H3,(H,19,20). The van der Waals surface area contributed by atoms with Crippen LogP contribution in [-0.2, 0) is 10.0 Å². The number of piperazine rings is 1. The van der Waals surface area contributed by atoms with Gasteiger partial charge in [-0.1, -0.05) is 0 Å². The zero-order valence-corrected chi connectivity index (χ0v) is 15.3. The van der Waals surface area contributed by atoms with E-state index < -0.39 is 10.0 Å². The highest BCUT2D eigenvalue weighted by molar-refractivity contribution is 7.89. The number of sulfonamides is 1. The number of hydrogen-bond acceptors (Lipinski definition) is 7. The van der Waals surface area contributed by atoms with E-state index in [1.54, 1.807) is 0 Å². The maximum absolute atomic E-state index is 12.7. The zero-order valence-electron chi connectivity index (χ0n) is 14.5. The van der Waals surface area contributed by atoms with Crippen LogP contribution in [0.4, 0.5) is 11.6 Å². The van der Waals surface area contributed by atoms with Crippen molar-refractivity contribution < 1.29 is 8.42 Å². The summed E-state index contributed by atoms with van der Waals surface area (Å²) in [5, 5.41) is 20.2. The molecule has 1 N–H and O–H groups in total. The van der Waals surface area contributed by atoms with Crippen LogP contribution in [-0.4, -0.2) is 55.6 Å². The number of nitrogens with zero attached hydrogens (tertiary/aromatic N) is 5. The fourth-order valence-electron chi connectivity index (χ4n) is 2.78. The first-order valence-electron chi connectivity index (χ1n) is 8.37. The maximum Gasteiger partial charge on any atom is 0.243 e. The normalized spacial score (nSPS) is 15.5. The topological polar surface area (TPSA) is 102 Å². The Labute approximate surface area is 153 Å². The average Bonchev–Trinajstić information content (AvgIpc) is 2.69. The lowest BCUT2D eigenvalue weighted by molar-refractivity contribution is 0.383. The maximum atomic E-state index is 12.7. The molecule has 0 spiro atoms. The number of nitrogens with one attached hydrogen (secondary N) is 1. The van der Waals surface area contributed by atoms with Crippen LogP contribution in [0.15, 0.2) is 41.3 Å². The van der Waals surface area contributed by atoms with E-state index in [1.807, 2.05) is 30.0 Å². The molecule has 0 aliphatic carbocycles. The quantitative estimate of drug-likeness (QED) is 0.844. The van der Waals surface area contributed by atoms with Crippen molar-refractivity contribution in [3.8, 4) is 6.07 Å². The predicted octanol–water partition coefficient (Wildman–Crippen LogP) is 1.29. The molecule has 1 aliphatic rings. The molecule has 0 amide bonds. The Balaban J connectivity index is 1.66. The van der Waals surface area contributed by atoms with Crippen LogP contribution >= 0.6 is 0 Å². The molecular weight excluding hydrogens is 352 g/mol. The third kappa shape index (κ3) is 3.76. The summed E-state index contributed by atoms with van der Waals surface area (Å²) in [6.45, 7) is 4.61. The van der Waals surface area contributed by atoms with Crippen LogP contribution < -0.4 is 10.2 Å². The second kappa shape index (κ2) is 7.68. The minimum absolute atomic E-state index is 0.208. The molecule has 1 aromatic carbocycles. The van der Waals surface area contributed by atoms with Crippen molar-refractivity contribution in [1.82, 2.24) is 14.5 Å². The number of rotatable bonds is 5. The van der Waals surface area contributed by atoms with Gasteiger partial charge in [0.2, 0.25) is 10.0 Å². The molecule has 0 unspecified atom stereocenters. The van der Waals surface area contributed by atoms with E-state index in [-0.39, 0.29) is 4.90 Å².